The van der Waals surface area contributed by atoms with Gasteiger partial charge in [-0.25, -0.2) is 26.3 Å². The first kappa shape index (κ1) is 99.0. The molecule has 6 aromatic rings. The number of hydrogen-bond donors (Lipinski definition) is 13. The number of para-hydroxylation sites is 3. The van der Waals surface area contributed by atoms with Crippen LogP contribution in [0.5, 0.6) is 0 Å². The molecule has 131 heavy (non-hydrogen) atoms. The molecule has 0 unspecified atom stereocenters. The molecule has 3 aromatic carbocycles. The Labute approximate surface area is 744 Å². The van der Waals surface area contributed by atoms with Gasteiger partial charge in [0.25, 0.3) is 35.5 Å². The van der Waals surface area contributed by atoms with Gasteiger partial charge < -0.3 is 98.0 Å². The number of anilines is 3. The van der Waals surface area contributed by atoms with E-state index < -0.39 is 189 Å². The minimum Gasteiger partial charge on any atom is -0.379 e. The summed E-state index contributed by atoms with van der Waals surface area (Å²) >= 11 is 0. The van der Waals surface area contributed by atoms with Crippen molar-refractivity contribution in [3.8, 4) is 18.2 Å². The Bertz CT molecular complexity index is 4910. The molecule has 4 aliphatic rings. The standard InChI is InChI=1S/C85H96F6N22O18/c86-83(87)36-52(39-92)111(45-83)73(123)42-104-79(126)58-18-24-101-76-55(58)4-1-7-61(76)107-70(120)15-12-64(114)95-27-30-98-67(117)21-33-129-48-82(110-51-10-11-51,49-130-34-22-68(118)99-31-28-96-65(115)13-16-71(121)108-62-8-2-5-56-59(19-25-102-77(56)62)80(127)105-43-74(124)112-46-84(88,89)37-53(112)40-93)50-131-35-23-69(119)100-32-29-97-66(116)14-17-72(122)109-63-9-3-6-57-60(20-26-103-78(57)63)81(128)106-44-75(125)113-47-85(90,91)38-54(113)41-94/h1-9,18-20,24-26,51-54,110H,10-17,21-23,27-38,42-50H2,(H,95,114)(H,96,115)(H,97,116)(H,98,117)(H,99,118)(H,100,119)(H,104,126)(H,105,127)(H,106,128)(H,107,120)(H,108,121)(H,109,122)/t52-,53-,54-/m0/s1. The number of nitrogens with zero attached hydrogens (tertiary/aromatic N) is 9. The number of benzene rings is 3. The molecule has 10 rings (SSSR count). The van der Waals surface area contributed by atoms with Gasteiger partial charge in [-0.3, -0.25) is 86.9 Å². The molecular weight excluding hydrogens is 1730 g/mol. The van der Waals surface area contributed by atoms with Gasteiger partial charge in [0.05, 0.1) is 153 Å². The van der Waals surface area contributed by atoms with Gasteiger partial charge in [0.2, 0.25) is 70.9 Å². The second-order valence-corrected chi connectivity index (χ2v) is 31.3. The van der Waals surface area contributed by atoms with Gasteiger partial charge in [-0.1, -0.05) is 36.4 Å². The zero-order chi connectivity index (χ0) is 94.4. The lowest BCUT2D eigenvalue weighted by atomic mass is 10.0. The molecule has 3 saturated heterocycles. The molecule has 0 radical (unpaired) electrons. The van der Waals surface area contributed by atoms with Crippen molar-refractivity contribution in [3.63, 3.8) is 0 Å². The van der Waals surface area contributed by atoms with Crippen LogP contribution in [0.1, 0.15) is 121 Å². The summed E-state index contributed by atoms with van der Waals surface area (Å²) in [5, 5.41) is 63.2. The van der Waals surface area contributed by atoms with E-state index in [1.165, 1.54) is 91.4 Å². The van der Waals surface area contributed by atoms with Gasteiger partial charge in [-0.2, -0.15) is 15.8 Å². The molecule has 3 aromatic heterocycles. The van der Waals surface area contributed by atoms with E-state index in [0.29, 0.717) is 14.7 Å². The highest BCUT2D eigenvalue weighted by molar-refractivity contribution is 6.14. The molecule has 0 spiro atoms. The topological polar surface area (TPSA) is 560 Å². The minimum atomic E-state index is -3.25. The maximum Gasteiger partial charge on any atom is 0.268 e. The van der Waals surface area contributed by atoms with Crippen LogP contribution in [-0.4, -0.2) is 284 Å². The summed E-state index contributed by atoms with van der Waals surface area (Å²) in [6.07, 6.45) is 0.831. The van der Waals surface area contributed by atoms with E-state index in [1.807, 2.05) is 0 Å². The Hall–Kier alpha value is -14.2. The number of ether oxygens (including phenoxy) is 3. The largest absolute Gasteiger partial charge is 0.379 e. The molecule has 15 amide bonds. The molecule has 1 saturated carbocycles. The molecular formula is C85H96F6N22O18. The zero-order valence-electron chi connectivity index (χ0n) is 70.7. The molecule has 696 valence electrons. The van der Waals surface area contributed by atoms with Crippen LogP contribution in [0.4, 0.5) is 43.4 Å². The van der Waals surface area contributed by atoms with Crippen LogP contribution in [0, 0.1) is 34.0 Å². The van der Waals surface area contributed by atoms with Crippen molar-refractivity contribution in [3.05, 3.63) is 108 Å². The number of rotatable bonds is 47. The first-order valence-corrected chi connectivity index (χ1v) is 41.8. The van der Waals surface area contributed by atoms with E-state index in [0.717, 1.165) is 12.8 Å². The van der Waals surface area contributed by atoms with Crippen molar-refractivity contribution in [1.29, 1.82) is 15.8 Å². The Morgan fingerprint density at radius 1 is 0.366 bits per heavy atom. The predicted molar refractivity (Wildman–Crippen MR) is 451 cm³/mol. The van der Waals surface area contributed by atoms with Crippen molar-refractivity contribution in [1.82, 2.24) is 82.8 Å². The lowest BCUT2D eigenvalue weighted by Gasteiger charge is -2.34. The first-order chi connectivity index (χ1) is 62.6. The highest BCUT2D eigenvalue weighted by Crippen LogP contribution is 2.36. The van der Waals surface area contributed by atoms with Gasteiger partial charge in [-0.15, -0.1) is 0 Å². The monoisotopic (exact) mass is 1830 g/mol. The molecule has 3 aliphatic heterocycles. The first-order valence-electron chi connectivity index (χ1n) is 41.8. The number of carbonyl (C=O) groups excluding carboxylic acids is 15. The number of nitrogens with one attached hydrogen (secondary N) is 13. The van der Waals surface area contributed by atoms with Crippen LogP contribution in [0.15, 0.2) is 91.4 Å². The Balaban J connectivity index is 0.639. The quantitative estimate of drug-likeness (QED) is 0.0191. The lowest BCUT2D eigenvalue weighted by molar-refractivity contribution is -0.132. The van der Waals surface area contributed by atoms with Crippen molar-refractivity contribution >= 4 is 138 Å². The van der Waals surface area contributed by atoms with Gasteiger partial charge in [0.1, 0.15) is 18.1 Å². The maximum atomic E-state index is 14.0. The van der Waals surface area contributed by atoms with Gasteiger partial charge in [0, 0.05) is 157 Å². The van der Waals surface area contributed by atoms with Crippen molar-refractivity contribution < 1.29 is 112 Å². The lowest BCUT2D eigenvalue weighted by Crippen LogP contribution is -2.57. The van der Waals surface area contributed by atoms with Crippen LogP contribution in [0.25, 0.3) is 32.7 Å². The van der Waals surface area contributed by atoms with E-state index >= 15 is 0 Å². The fraction of sp³-hybridized carbons (Fsp3) is 0.471. The third kappa shape index (κ3) is 29.7. The molecule has 6 heterocycles. The van der Waals surface area contributed by atoms with Gasteiger partial charge >= 0.3 is 0 Å². The summed E-state index contributed by atoms with van der Waals surface area (Å²) in [5.74, 6) is -19.3. The van der Waals surface area contributed by atoms with Crippen LogP contribution in [0.2, 0.25) is 0 Å². The third-order valence-electron chi connectivity index (χ3n) is 21.0. The molecule has 1 aliphatic carbocycles. The fourth-order valence-corrected chi connectivity index (χ4v) is 14.3. The number of alkyl halides is 6. The highest BCUT2D eigenvalue weighted by atomic mass is 19.3. The van der Waals surface area contributed by atoms with Crippen LogP contribution in [0.3, 0.4) is 0 Å². The van der Waals surface area contributed by atoms with Crippen molar-refractivity contribution in [2.45, 2.75) is 137 Å². The summed E-state index contributed by atoms with van der Waals surface area (Å²) in [6, 6.07) is 18.7. The van der Waals surface area contributed by atoms with E-state index in [-0.39, 0.29) is 209 Å². The van der Waals surface area contributed by atoms with Crippen LogP contribution >= 0.6 is 0 Å². The molecule has 46 heteroatoms. The second kappa shape index (κ2) is 46.7. The Morgan fingerprint density at radius 2 is 0.626 bits per heavy atom. The predicted octanol–water partition coefficient (Wildman–Crippen LogP) is 1.76. The number of aromatic nitrogens is 3. The molecule has 4 fully saturated rings. The van der Waals surface area contributed by atoms with Gasteiger partial charge in [-0.05, 0) is 49.2 Å². The van der Waals surface area contributed by atoms with E-state index in [1.54, 1.807) is 18.2 Å². The van der Waals surface area contributed by atoms with Crippen molar-refractivity contribution in [2.24, 2.45) is 0 Å². The highest BCUT2D eigenvalue weighted by Gasteiger charge is 2.50. The smallest absolute Gasteiger partial charge is 0.268 e. The van der Waals surface area contributed by atoms with Crippen LogP contribution < -0.4 is 69.1 Å². The number of carbonyl (C=O) groups is 15. The number of amides is 15. The molecule has 40 nitrogen and oxygen atoms in total. The molecule has 3 atom stereocenters. The number of halogens is 6. The van der Waals surface area contributed by atoms with E-state index in [4.69, 9.17) is 14.2 Å². The van der Waals surface area contributed by atoms with E-state index in [2.05, 4.69) is 84.1 Å². The summed E-state index contributed by atoms with van der Waals surface area (Å²) in [6.45, 7) is -5.66. The SMILES string of the molecule is N#C[C@@H]1CC(F)(F)CN1C(=O)CNC(=O)c1ccnc2c(NC(=O)CCC(=O)NCCNC(=O)CCOCC(COCCC(=O)NCCNC(=O)CCC(=O)Nc3cccc4c(C(=O)NCC(=O)N5CC(F)(F)C[C@H]5C#N)ccnc34)(COCCC(=O)NCCNC(=O)CCC(=O)Nc3cccc4c(C(=O)NCC(=O)N5CC(F)(F)C[C@H]5C#N)ccnc34)NC3CC3)cccc12. The average molecular weight is 1830 g/mol. The Morgan fingerprint density at radius 3 is 0.885 bits per heavy atom. The molecule has 13 N–H and O–H groups in total. The summed E-state index contributed by atoms with van der Waals surface area (Å²) in [7, 11) is 0. The zero-order valence-corrected chi connectivity index (χ0v) is 70.7. The van der Waals surface area contributed by atoms with Gasteiger partial charge in [0.15, 0.2) is 0 Å². The number of fused-ring (bicyclic) bond motifs is 3. The average Bonchev–Trinajstić information content (AvgIpc) is 1.75. The normalized spacial score (nSPS) is 16.3. The van der Waals surface area contributed by atoms with Crippen molar-refractivity contribution in [2.75, 3.05) is 134 Å². The number of hydrogen-bond acceptors (Lipinski definition) is 25. The van der Waals surface area contributed by atoms with Crippen LogP contribution in [-0.2, 0) is 71.7 Å². The number of likely N-dealkylation sites (tertiary alicyclic amines) is 3. The second-order valence-electron chi connectivity index (χ2n) is 31.3. The summed E-state index contributed by atoms with van der Waals surface area (Å²) in [5.41, 5.74) is 0.138. The summed E-state index contributed by atoms with van der Waals surface area (Å²) < 4.78 is 102. The van der Waals surface area contributed by atoms with E-state index in [9.17, 15) is 114 Å². The summed E-state index contributed by atoms with van der Waals surface area (Å²) in [4.78, 5) is 210. The fourth-order valence-electron chi connectivity index (χ4n) is 14.3. The number of pyridine rings is 3. The third-order valence-corrected chi connectivity index (χ3v) is 21.0. The number of nitriles is 3. The minimum absolute atomic E-state index is 0.00992. The molecule has 0 bridgehead atoms. The Kier molecular flexibility index (Phi) is 35.3. The maximum absolute atomic E-state index is 14.0.